The Bertz CT molecular complexity index is 335. The quantitative estimate of drug-likeness (QED) is 0.403. The van der Waals surface area contributed by atoms with Gasteiger partial charge in [-0.2, -0.15) is 0 Å². The summed E-state index contributed by atoms with van der Waals surface area (Å²) in [7, 11) is 0. The van der Waals surface area contributed by atoms with Gasteiger partial charge in [0, 0.05) is 19.3 Å². The van der Waals surface area contributed by atoms with Gasteiger partial charge in [0.05, 0.1) is 6.04 Å². The molecule has 23 heavy (non-hydrogen) atoms. The number of rotatable bonds is 11. The van der Waals surface area contributed by atoms with Gasteiger partial charge in [-0.1, -0.05) is 58.3 Å². The molecule has 0 amide bonds. The third kappa shape index (κ3) is 7.37. The predicted octanol–water partition coefficient (Wildman–Crippen LogP) is 5.30. The minimum atomic E-state index is 0.717. The van der Waals surface area contributed by atoms with Crippen LogP contribution < -0.4 is 5.32 Å². The molecule has 1 saturated heterocycles. The molecule has 2 nitrogen and oxygen atoms in total. The molecule has 0 radical (unpaired) electrons. The molecule has 2 aliphatic heterocycles. The van der Waals surface area contributed by atoms with Crippen molar-refractivity contribution in [1.82, 2.24) is 5.32 Å². The van der Waals surface area contributed by atoms with Gasteiger partial charge in [0.2, 0.25) is 0 Å². The maximum absolute atomic E-state index is 3.77. The molecular weight excluding hydrogens is 280 g/mol. The van der Waals surface area contributed by atoms with Crippen molar-refractivity contribution in [3.8, 4) is 0 Å². The van der Waals surface area contributed by atoms with Gasteiger partial charge in [0.1, 0.15) is 13.1 Å². The maximum Gasteiger partial charge on any atom is 0.169 e. The van der Waals surface area contributed by atoms with E-state index in [-0.39, 0.29) is 0 Å². The average Bonchev–Trinajstić information content (AvgIpc) is 2.82. The van der Waals surface area contributed by atoms with Crippen LogP contribution in [0.25, 0.3) is 0 Å². The highest BCUT2D eigenvalue weighted by atomic mass is 15.1. The minimum absolute atomic E-state index is 0.717. The van der Waals surface area contributed by atoms with E-state index >= 15 is 0 Å². The monoisotopic (exact) mass is 321 g/mol. The first-order valence-corrected chi connectivity index (χ1v) is 10.8. The Morgan fingerprint density at radius 1 is 0.870 bits per heavy atom. The van der Waals surface area contributed by atoms with Gasteiger partial charge in [-0.3, -0.25) is 0 Å². The zero-order valence-corrected chi connectivity index (χ0v) is 15.8. The van der Waals surface area contributed by atoms with Gasteiger partial charge in [-0.05, 0) is 32.2 Å². The fourth-order valence-corrected chi connectivity index (χ4v) is 4.32. The van der Waals surface area contributed by atoms with Crippen molar-refractivity contribution < 1.29 is 4.58 Å². The summed E-state index contributed by atoms with van der Waals surface area (Å²) in [6.45, 7) is 6.18. The molecule has 2 aliphatic rings. The van der Waals surface area contributed by atoms with E-state index in [4.69, 9.17) is 0 Å². The van der Waals surface area contributed by atoms with Crippen molar-refractivity contribution in [2.45, 2.75) is 109 Å². The Balaban J connectivity index is 1.55. The van der Waals surface area contributed by atoms with Crippen LogP contribution in [-0.2, 0) is 0 Å². The summed E-state index contributed by atoms with van der Waals surface area (Å²) in [5, 5.41) is 3.77. The summed E-state index contributed by atoms with van der Waals surface area (Å²) in [5.74, 6) is 0. The van der Waals surface area contributed by atoms with Crippen molar-refractivity contribution in [2.75, 3.05) is 19.6 Å². The molecule has 1 fully saturated rings. The Hall–Kier alpha value is -0.370. The van der Waals surface area contributed by atoms with E-state index in [1.54, 1.807) is 5.71 Å². The van der Waals surface area contributed by atoms with E-state index in [9.17, 15) is 0 Å². The molecule has 0 aromatic rings. The van der Waals surface area contributed by atoms with Crippen LogP contribution in [0.4, 0.5) is 0 Å². The molecule has 134 valence electrons. The van der Waals surface area contributed by atoms with E-state index in [1.807, 2.05) is 0 Å². The molecule has 2 rings (SSSR count). The molecule has 2 heterocycles. The Labute approximate surface area is 145 Å². The van der Waals surface area contributed by atoms with E-state index < -0.39 is 0 Å². The van der Waals surface area contributed by atoms with E-state index in [0.717, 1.165) is 6.04 Å². The Morgan fingerprint density at radius 3 is 2.30 bits per heavy atom. The summed E-state index contributed by atoms with van der Waals surface area (Å²) in [6, 6.07) is 0.717. The summed E-state index contributed by atoms with van der Waals surface area (Å²) in [6.07, 6.45) is 21.3. The van der Waals surface area contributed by atoms with Crippen molar-refractivity contribution in [3.63, 3.8) is 0 Å². The van der Waals surface area contributed by atoms with Crippen LogP contribution in [0.2, 0.25) is 0 Å². The lowest BCUT2D eigenvalue weighted by Crippen LogP contribution is -2.44. The SMILES string of the molecule is CCCCCCCCCCCC[N+]1=C2CCCCNC2CCC1. The molecule has 0 aromatic carbocycles. The molecule has 1 atom stereocenters. The standard InChI is InChI=1S/C21H41N2/c1-2-3-4-5-6-7-8-9-10-13-18-23-19-14-15-20-21(23)16-11-12-17-22-20/h20,22H,2-19H2,1H3/q+1. The number of hydrogen-bond acceptors (Lipinski definition) is 1. The van der Waals surface area contributed by atoms with E-state index in [1.165, 1.54) is 116 Å². The van der Waals surface area contributed by atoms with Gasteiger partial charge in [-0.15, -0.1) is 0 Å². The maximum atomic E-state index is 3.77. The summed E-state index contributed by atoms with van der Waals surface area (Å²) in [5.41, 5.74) is 1.75. The lowest BCUT2D eigenvalue weighted by Gasteiger charge is -2.22. The number of nitrogens with zero attached hydrogens (tertiary/aromatic N) is 1. The average molecular weight is 322 g/mol. The largest absolute Gasteiger partial charge is 0.305 e. The highest BCUT2D eigenvalue weighted by molar-refractivity contribution is 5.85. The predicted molar refractivity (Wildman–Crippen MR) is 102 cm³/mol. The Kier molecular flexibility index (Phi) is 9.94. The van der Waals surface area contributed by atoms with Crippen molar-refractivity contribution in [1.29, 1.82) is 0 Å². The molecular formula is C21H41N2+. The molecule has 2 heteroatoms. The van der Waals surface area contributed by atoms with Crippen LogP contribution >= 0.6 is 0 Å². The van der Waals surface area contributed by atoms with E-state index in [0.29, 0.717) is 0 Å². The summed E-state index contributed by atoms with van der Waals surface area (Å²) < 4.78 is 2.75. The summed E-state index contributed by atoms with van der Waals surface area (Å²) in [4.78, 5) is 0. The van der Waals surface area contributed by atoms with Crippen LogP contribution in [0, 0.1) is 0 Å². The van der Waals surface area contributed by atoms with Gasteiger partial charge >= 0.3 is 0 Å². The molecule has 0 aliphatic carbocycles. The number of nitrogens with one attached hydrogen (secondary N) is 1. The first-order chi connectivity index (χ1) is 11.4. The van der Waals surface area contributed by atoms with Crippen molar-refractivity contribution in [2.24, 2.45) is 0 Å². The first-order valence-electron chi connectivity index (χ1n) is 10.8. The minimum Gasteiger partial charge on any atom is -0.305 e. The second-order valence-corrected chi connectivity index (χ2v) is 7.77. The Morgan fingerprint density at radius 2 is 1.57 bits per heavy atom. The number of hydrogen-bond donors (Lipinski definition) is 1. The normalized spacial score (nSPS) is 22.0. The first kappa shape index (κ1) is 19.0. The van der Waals surface area contributed by atoms with E-state index in [2.05, 4.69) is 16.8 Å². The van der Waals surface area contributed by atoms with Gasteiger partial charge in [0.15, 0.2) is 5.71 Å². The third-order valence-electron chi connectivity index (χ3n) is 5.76. The lowest BCUT2D eigenvalue weighted by molar-refractivity contribution is -0.535. The third-order valence-corrected chi connectivity index (χ3v) is 5.76. The smallest absolute Gasteiger partial charge is 0.169 e. The zero-order valence-electron chi connectivity index (χ0n) is 15.8. The highest BCUT2D eigenvalue weighted by Gasteiger charge is 2.29. The van der Waals surface area contributed by atoms with Gasteiger partial charge in [-0.25, -0.2) is 4.58 Å². The molecule has 1 N–H and O–H groups in total. The summed E-state index contributed by atoms with van der Waals surface area (Å²) >= 11 is 0. The van der Waals surface area contributed by atoms with Gasteiger partial charge in [0.25, 0.3) is 0 Å². The number of unbranched alkanes of at least 4 members (excludes halogenated alkanes) is 9. The molecule has 0 bridgehead atoms. The van der Waals surface area contributed by atoms with Crippen LogP contribution in [0.5, 0.6) is 0 Å². The van der Waals surface area contributed by atoms with Crippen molar-refractivity contribution >= 4 is 5.71 Å². The fraction of sp³-hybridized carbons (Fsp3) is 0.952. The molecule has 0 aromatic heterocycles. The molecule has 0 spiro atoms. The van der Waals surface area contributed by atoms with Crippen LogP contribution in [-0.4, -0.2) is 36.0 Å². The van der Waals surface area contributed by atoms with Crippen LogP contribution in [0.1, 0.15) is 103 Å². The topological polar surface area (TPSA) is 15.0 Å². The fourth-order valence-electron chi connectivity index (χ4n) is 4.32. The van der Waals surface area contributed by atoms with Crippen molar-refractivity contribution in [3.05, 3.63) is 0 Å². The van der Waals surface area contributed by atoms with Crippen LogP contribution in [0.3, 0.4) is 0 Å². The zero-order chi connectivity index (χ0) is 16.2. The van der Waals surface area contributed by atoms with Gasteiger partial charge < -0.3 is 5.32 Å². The highest BCUT2D eigenvalue weighted by Crippen LogP contribution is 2.16. The second kappa shape index (κ2) is 12.1. The number of fused-ring (bicyclic) bond motifs is 1. The molecule has 1 unspecified atom stereocenters. The lowest BCUT2D eigenvalue weighted by atomic mass is 9.98. The second-order valence-electron chi connectivity index (χ2n) is 7.77. The molecule has 0 saturated carbocycles. The van der Waals surface area contributed by atoms with Crippen LogP contribution in [0.15, 0.2) is 0 Å².